The van der Waals surface area contributed by atoms with Crippen LogP contribution in [0.4, 0.5) is 11.6 Å². The standard InChI is InChI=1S/C24H31N5O3/c1-4-5-15-8-19-22(28-10-15)21(23(26)32-19)18(30)9-16-11-27-7-6-17(16)29-12-14(2)24(3,31)20(25)13-29/h6-8,10-11,14,20,31H,4-5,9,12-13,25-26H2,1-3H3/t14-,20+,24-/m0/s1. The van der Waals surface area contributed by atoms with Crippen molar-refractivity contribution in [2.75, 3.05) is 23.7 Å². The molecule has 3 aromatic heterocycles. The fraction of sp³-hybridized carbons (Fsp3) is 0.458. The second-order valence-electron chi connectivity index (χ2n) is 9.02. The molecule has 0 aliphatic carbocycles. The molecule has 3 atom stereocenters. The number of rotatable bonds is 6. The van der Waals surface area contributed by atoms with Gasteiger partial charge >= 0.3 is 0 Å². The molecule has 1 saturated heterocycles. The lowest BCUT2D eigenvalue weighted by atomic mass is 9.80. The lowest BCUT2D eigenvalue weighted by Gasteiger charge is -2.46. The van der Waals surface area contributed by atoms with Crippen molar-refractivity contribution in [3.63, 3.8) is 0 Å². The Hall–Kier alpha value is -2.97. The van der Waals surface area contributed by atoms with Gasteiger partial charge in [0.1, 0.15) is 11.1 Å². The number of piperidine rings is 1. The quantitative estimate of drug-likeness (QED) is 0.502. The molecule has 0 radical (unpaired) electrons. The summed E-state index contributed by atoms with van der Waals surface area (Å²) >= 11 is 0. The van der Waals surface area contributed by atoms with Crippen LogP contribution in [0.1, 0.15) is 48.7 Å². The molecule has 170 valence electrons. The summed E-state index contributed by atoms with van der Waals surface area (Å²) in [6.07, 6.45) is 7.15. The van der Waals surface area contributed by atoms with Gasteiger partial charge in [0.05, 0.1) is 11.6 Å². The number of ketones is 1. The van der Waals surface area contributed by atoms with Crippen molar-refractivity contribution in [3.8, 4) is 0 Å². The lowest BCUT2D eigenvalue weighted by molar-refractivity contribution is -0.0258. The third-order valence-corrected chi connectivity index (χ3v) is 6.66. The molecule has 4 heterocycles. The molecule has 0 spiro atoms. The van der Waals surface area contributed by atoms with Gasteiger partial charge in [-0.2, -0.15) is 0 Å². The molecule has 8 heteroatoms. The number of carbonyl (C=O) groups is 1. The molecule has 3 aromatic rings. The Kier molecular flexibility index (Phi) is 5.92. The SMILES string of the molecule is CCCc1cnc2c(C(=O)Cc3cnccc3N3C[C@@H](N)[C@@](C)(O)[C@@H](C)C3)c(N)oc2c1. The summed E-state index contributed by atoms with van der Waals surface area (Å²) in [5.74, 6) is -0.119. The van der Waals surface area contributed by atoms with Crippen LogP contribution >= 0.6 is 0 Å². The molecule has 1 fully saturated rings. The third-order valence-electron chi connectivity index (χ3n) is 6.66. The van der Waals surface area contributed by atoms with E-state index < -0.39 is 11.6 Å². The molecule has 4 rings (SSSR count). The topological polar surface area (TPSA) is 132 Å². The number of furan rings is 1. The van der Waals surface area contributed by atoms with Gasteiger partial charge in [-0.05, 0) is 31.0 Å². The average molecular weight is 438 g/mol. The van der Waals surface area contributed by atoms with Crippen molar-refractivity contribution in [2.45, 2.75) is 51.7 Å². The average Bonchev–Trinajstić information content (AvgIpc) is 3.07. The molecule has 32 heavy (non-hydrogen) atoms. The highest BCUT2D eigenvalue weighted by molar-refractivity contribution is 6.10. The fourth-order valence-corrected chi connectivity index (χ4v) is 4.43. The van der Waals surface area contributed by atoms with Crippen LogP contribution in [0, 0.1) is 5.92 Å². The van der Waals surface area contributed by atoms with E-state index in [9.17, 15) is 9.90 Å². The number of carbonyl (C=O) groups excluding carboxylic acids is 1. The number of anilines is 2. The molecule has 0 bridgehead atoms. The zero-order valence-corrected chi connectivity index (χ0v) is 18.8. The molecule has 8 nitrogen and oxygen atoms in total. The summed E-state index contributed by atoms with van der Waals surface area (Å²) in [6.45, 7) is 6.97. The van der Waals surface area contributed by atoms with Gasteiger partial charge in [0.2, 0.25) is 5.88 Å². The molecular formula is C24H31N5O3. The Balaban J connectivity index is 1.62. The second kappa shape index (κ2) is 8.52. The molecule has 0 unspecified atom stereocenters. The van der Waals surface area contributed by atoms with E-state index in [1.807, 2.05) is 19.1 Å². The summed E-state index contributed by atoms with van der Waals surface area (Å²) in [5.41, 5.74) is 15.4. The van der Waals surface area contributed by atoms with E-state index in [2.05, 4.69) is 21.8 Å². The Morgan fingerprint density at radius 2 is 2.16 bits per heavy atom. The molecule has 0 amide bonds. The number of nitrogens with two attached hydrogens (primary N) is 2. The van der Waals surface area contributed by atoms with Gasteiger partial charge in [-0.3, -0.25) is 14.8 Å². The molecule has 1 aliphatic rings. The largest absolute Gasteiger partial charge is 0.438 e. The second-order valence-corrected chi connectivity index (χ2v) is 9.02. The van der Waals surface area contributed by atoms with E-state index in [-0.39, 0.29) is 24.0 Å². The number of aromatic nitrogens is 2. The first-order valence-corrected chi connectivity index (χ1v) is 11.1. The van der Waals surface area contributed by atoms with Gasteiger partial charge in [0.15, 0.2) is 11.4 Å². The number of Topliss-reactive ketones (excluding diaryl/α,β-unsaturated/α-hetero) is 1. The number of aryl methyl sites for hydroxylation is 1. The number of hydrogen-bond acceptors (Lipinski definition) is 8. The Bertz CT molecular complexity index is 1130. The van der Waals surface area contributed by atoms with Gasteiger partial charge in [-0.25, -0.2) is 0 Å². The predicted octanol–water partition coefficient (Wildman–Crippen LogP) is 2.72. The van der Waals surface area contributed by atoms with Gasteiger partial charge in [0.25, 0.3) is 0 Å². The smallest absolute Gasteiger partial charge is 0.204 e. The molecule has 5 N–H and O–H groups in total. The number of hydrogen-bond donors (Lipinski definition) is 3. The maximum atomic E-state index is 13.3. The number of aliphatic hydroxyl groups is 1. The monoisotopic (exact) mass is 437 g/mol. The summed E-state index contributed by atoms with van der Waals surface area (Å²) < 4.78 is 5.67. The minimum Gasteiger partial charge on any atom is -0.438 e. The fourth-order valence-electron chi connectivity index (χ4n) is 4.43. The van der Waals surface area contributed by atoms with Gasteiger partial charge < -0.3 is 25.9 Å². The van der Waals surface area contributed by atoms with Crippen molar-refractivity contribution < 1.29 is 14.3 Å². The van der Waals surface area contributed by atoms with Gasteiger partial charge in [0, 0.05) is 55.3 Å². The van der Waals surface area contributed by atoms with Crippen LogP contribution in [-0.4, -0.2) is 45.6 Å². The van der Waals surface area contributed by atoms with Crippen LogP contribution in [0.15, 0.2) is 35.1 Å². The van der Waals surface area contributed by atoms with E-state index >= 15 is 0 Å². The van der Waals surface area contributed by atoms with Crippen molar-refractivity contribution >= 4 is 28.5 Å². The van der Waals surface area contributed by atoms with E-state index in [1.165, 1.54) is 0 Å². The van der Waals surface area contributed by atoms with Gasteiger partial charge in [-0.1, -0.05) is 20.3 Å². The number of fused-ring (bicyclic) bond motifs is 1. The van der Waals surface area contributed by atoms with E-state index in [0.29, 0.717) is 29.8 Å². The van der Waals surface area contributed by atoms with Crippen LogP contribution in [0.2, 0.25) is 0 Å². The Morgan fingerprint density at radius 3 is 2.88 bits per heavy atom. The lowest BCUT2D eigenvalue weighted by Crippen LogP contribution is -2.62. The first-order chi connectivity index (χ1) is 15.2. The van der Waals surface area contributed by atoms with Crippen molar-refractivity contribution in [2.24, 2.45) is 11.7 Å². The van der Waals surface area contributed by atoms with Gasteiger partial charge in [-0.15, -0.1) is 0 Å². The summed E-state index contributed by atoms with van der Waals surface area (Å²) in [4.78, 5) is 24.1. The number of nitrogens with zero attached hydrogens (tertiary/aromatic N) is 3. The molecule has 0 saturated carbocycles. The predicted molar refractivity (Wildman–Crippen MR) is 125 cm³/mol. The first kappa shape index (κ1) is 22.2. The molecular weight excluding hydrogens is 406 g/mol. The molecule has 0 aromatic carbocycles. The zero-order chi connectivity index (χ0) is 23.0. The number of pyridine rings is 2. The van der Waals surface area contributed by atoms with Crippen LogP contribution < -0.4 is 16.4 Å². The normalized spacial score (nSPS) is 23.6. The van der Waals surface area contributed by atoms with Crippen LogP contribution in [0.5, 0.6) is 0 Å². The maximum Gasteiger partial charge on any atom is 0.204 e. The summed E-state index contributed by atoms with van der Waals surface area (Å²) in [7, 11) is 0. The van der Waals surface area contributed by atoms with E-state index in [1.54, 1.807) is 25.5 Å². The zero-order valence-electron chi connectivity index (χ0n) is 18.8. The summed E-state index contributed by atoms with van der Waals surface area (Å²) in [6, 6.07) is 3.38. The highest BCUT2D eigenvalue weighted by atomic mass is 16.3. The van der Waals surface area contributed by atoms with E-state index in [0.717, 1.165) is 29.7 Å². The molecule has 1 aliphatic heterocycles. The highest BCUT2D eigenvalue weighted by Gasteiger charge is 2.41. The maximum absolute atomic E-state index is 13.3. The minimum absolute atomic E-state index is 0.0297. The third kappa shape index (κ3) is 3.96. The number of nitrogen functional groups attached to an aromatic ring is 1. The van der Waals surface area contributed by atoms with E-state index in [4.69, 9.17) is 15.9 Å². The highest BCUT2D eigenvalue weighted by Crippen LogP contribution is 2.33. The van der Waals surface area contributed by atoms with Crippen LogP contribution in [0.25, 0.3) is 11.1 Å². The Labute approximate surface area is 187 Å². The van der Waals surface area contributed by atoms with Crippen molar-refractivity contribution in [1.29, 1.82) is 0 Å². The summed E-state index contributed by atoms with van der Waals surface area (Å²) in [5, 5.41) is 10.7. The minimum atomic E-state index is -0.939. The van der Waals surface area contributed by atoms with Crippen LogP contribution in [-0.2, 0) is 12.8 Å². The first-order valence-electron chi connectivity index (χ1n) is 11.1. The van der Waals surface area contributed by atoms with Crippen molar-refractivity contribution in [1.82, 2.24) is 9.97 Å². The van der Waals surface area contributed by atoms with Crippen LogP contribution in [0.3, 0.4) is 0 Å². The Morgan fingerprint density at radius 1 is 1.38 bits per heavy atom. The van der Waals surface area contributed by atoms with Crippen molar-refractivity contribution in [3.05, 3.63) is 47.4 Å².